The zero-order valence-corrected chi connectivity index (χ0v) is 21.3. The number of nitrogens with one attached hydrogen (secondary N) is 2. The van der Waals surface area contributed by atoms with E-state index >= 15 is 0 Å². The van der Waals surface area contributed by atoms with Gasteiger partial charge in [0.1, 0.15) is 6.10 Å². The maximum absolute atomic E-state index is 14.0. The number of thiazole rings is 1. The predicted octanol–water partition coefficient (Wildman–Crippen LogP) is 2.66. The van der Waals surface area contributed by atoms with E-state index in [0.717, 1.165) is 0 Å². The number of hydrogen-bond donors (Lipinski definition) is 2. The molecule has 0 saturated carbocycles. The number of carbonyl (C=O) groups is 4. The number of hydrogen-bond acceptors (Lipinski definition) is 8. The Bertz CT molecular complexity index is 1120. The van der Waals surface area contributed by atoms with Crippen LogP contribution >= 0.6 is 22.9 Å². The van der Waals surface area contributed by atoms with Crippen LogP contribution in [-0.2, 0) is 25.5 Å². The van der Waals surface area contributed by atoms with Crippen LogP contribution in [0.1, 0.15) is 42.2 Å². The molecule has 0 bridgehead atoms. The molecule has 192 valence electrons. The fourth-order valence-electron chi connectivity index (χ4n) is 4.59. The van der Waals surface area contributed by atoms with E-state index in [-0.39, 0.29) is 36.5 Å². The number of benzene rings is 1. The molecule has 3 heterocycles. The van der Waals surface area contributed by atoms with E-state index in [1.165, 1.54) is 11.3 Å². The summed E-state index contributed by atoms with van der Waals surface area (Å²) in [6, 6.07) is 4.92. The monoisotopic (exact) mass is 535 g/mol. The van der Waals surface area contributed by atoms with E-state index in [0.29, 0.717) is 25.1 Å². The minimum absolute atomic E-state index is 0.0209. The summed E-state index contributed by atoms with van der Waals surface area (Å²) < 4.78 is 10.3. The number of cyclic esters (lactones) is 1. The number of urea groups is 1. The molecule has 0 aliphatic carbocycles. The van der Waals surface area contributed by atoms with Gasteiger partial charge < -0.3 is 14.8 Å². The number of esters is 1. The zero-order chi connectivity index (χ0) is 25.7. The Balaban J connectivity index is 1.59. The topological polar surface area (TPSA) is 124 Å². The van der Waals surface area contributed by atoms with E-state index in [9.17, 15) is 19.2 Å². The molecule has 10 nitrogen and oxygen atoms in total. The van der Waals surface area contributed by atoms with Crippen molar-refractivity contribution >= 4 is 46.8 Å². The fraction of sp³-hybridized carbons (Fsp3) is 0.458. The normalized spacial score (nSPS) is 21.6. The summed E-state index contributed by atoms with van der Waals surface area (Å²) in [4.78, 5) is 56.8. The molecule has 0 spiro atoms. The van der Waals surface area contributed by atoms with Crippen molar-refractivity contribution in [2.45, 2.75) is 51.0 Å². The second kappa shape index (κ2) is 11.5. The van der Waals surface area contributed by atoms with Gasteiger partial charge in [0.2, 0.25) is 6.23 Å². The number of nitrogens with zero attached hydrogens (tertiary/aromatic N) is 2. The van der Waals surface area contributed by atoms with E-state index < -0.39 is 46.7 Å². The van der Waals surface area contributed by atoms with Crippen molar-refractivity contribution in [2.75, 3.05) is 19.7 Å². The van der Waals surface area contributed by atoms with E-state index in [4.69, 9.17) is 21.1 Å². The largest absolute Gasteiger partial charge is 0.439 e. The van der Waals surface area contributed by atoms with Gasteiger partial charge in [0.25, 0.3) is 5.91 Å². The lowest BCUT2D eigenvalue weighted by atomic mass is 10.1. The fourth-order valence-corrected chi connectivity index (χ4v) is 5.38. The minimum Gasteiger partial charge on any atom is -0.439 e. The number of aromatic nitrogens is 1. The van der Waals surface area contributed by atoms with E-state index in [1.54, 1.807) is 42.1 Å². The second-order valence-corrected chi connectivity index (χ2v) is 9.83. The van der Waals surface area contributed by atoms with Crippen LogP contribution in [0.4, 0.5) is 4.79 Å². The molecule has 2 aliphatic rings. The summed E-state index contributed by atoms with van der Waals surface area (Å²) in [6.07, 6.45) is -0.169. The van der Waals surface area contributed by atoms with Gasteiger partial charge in [-0.15, -0.1) is 11.3 Å². The Morgan fingerprint density at radius 1 is 1.28 bits per heavy atom. The average Bonchev–Trinajstić information content (AvgIpc) is 3.61. The standard InChI is InChI=1S/C24H27ClN4O6S/c1-2-34-19-12-20(30)35-22(19)28-24(33)29(9-5-6-10-29)23(32)18(11-15-13-36-14-26-15)27-21(31)16-7-3-4-8-17(16)25/h3-4,7-8,13-14,18-19,22H,2,5-6,9-12H2,1H3,(H-,27,28,31,33)/p+1/t18-,19-,22+/m0/s1. The van der Waals surface area contributed by atoms with Gasteiger partial charge in [0.05, 0.1) is 41.3 Å². The molecule has 2 saturated heterocycles. The van der Waals surface area contributed by atoms with Gasteiger partial charge in [-0.3, -0.25) is 14.9 Å². The third kappa shape index (κ3) is 5.59. The smallest absolute Gasteiger partial charge is 0.427 e. The van der Waals surface area contributed by atoms with Crippen LogP contribution in [0.15, 0.2) is 35.2 Å². The number of imide groups is 1. The van der Waals surface area contributed by atoms with Crippen molar-refractivity contribution in [1.29, 1.82) is 0 Å². The summed E-state index contributed by atoms with van der Waals surface area (Å²) in [5.74, 6) is -1.46. The Morgan fingerprint density at radius 3 is 2.69 bits per heavy atom. The molecule has 12 heteroatoms. The number of rotatable bonds is 8. The lowest BCUT2D eigenvalue weighted by Gasteiger charge is -2.33. The predicted molar refractivity (Wildman–Crippen MR) is 131 cm³/mol. The quantitative estimate of drug-likeness (QED) is 0.393. The average molecular weight is 536 g/mol. The van der Waals surface area contributed by atoms with Crippen LogP contribution in [0, 0.1) is 0 Å². The van der Waals surface area contributed by atoms with Gasteiger partial charge in [-0.1, -0.05) is 23.7 Å². The molecule has 36 heavy (non-hydrogen) atoms. The number of quaternary nitrogens is 1. The number of amides is 4. The highest BCUT2D eigenvalue weighted by Crippen LogP contribution is 2.26. The number of likely N-dealkylation sites (tertiary alicyclic amines) is 1. The lowest BCUT2D eigenvalue weighted by molar-refractivity contribution is -0.761. The first-order valence-electron chi connectivity index (χ1n) is 11.8. The first-order chi connectivity index (χ1) is 17.3. The highest BCUT2D eigenvalue weighted by atomic mass is 35.5. The van der Waals surface area contributed by atoms with Crippen molar-refractivity contribution in [1.82, 2.24) is 15.6 Å². The van der Waals surface area contributed by atoms with Crippen LogP contribution in [-0.4, -0.2) is 71.4 Å². The SMILES string of the molecule is CCO[C@H]1CC(=O)O[C@H]1NC(=O)[N+]1(C(=O)[C@H](Cc2cscn2)NC(=O)c2ccccc2Cl)CCCC1. The summed E-state index contributed by atoms with van der Waals surface area (Å²) in [5, 5.41) is 7.54. The summed E-state index contributed by atoms with van der Waals surface area (Å²) in [7, 11) is 0. The van der Waals surface area contributed by atoms with Crippen molar-refractivity contribution in [3.63, 3.8) is 0 Å². The zero-order valence-electron chi connectivity index (χ0n) is 19.8. The molecular weight excluding hydrogens is 508 g/mol. The molecule has 2 fully saturated rings. The van der Waals surface area contributed by atoms with Crippen molar-refractivity contribution < 1.29 is 33.1 Å². The van der Waals surface area contributed by atoms with Gasteiger partial charge in [-0.25, -0.2) is 14.6 Å². The Labute approximate surface area is 217 Å². The first-order valence-corrected chi connectivity index (χ1v) is 13.1. The third-order valence-electron chi connectivity index (χ3n) is 6.37. The van der Waals surface area contributed by atoms with Crippen LogP contribution in [0.2, 0.25) is 5.02 Å². The molecule has 3 atom stereocenters. The van der Waals surface area contributed by atoms with Crippen LogP contribution < -0.4 is 10.6 Å². The lowest BCUT2D eigenvalue weighted by Crippen LogP contribution is -2.66. The Hall–Kier alpha value is -2.86. The molecular formula is C24H28ClN4O6S+. The van der Waals surface area contributed by atoms with Crippen molar-refractivity contribution in [3.8, 4) is 0 Å². The molecule has 0 radical (unpaired) electrons. The number of ether oxygens (including phenoxy) is 2. The maximum Gasteiger partial charge on any atom is 0.427 e. The van der Waals surface area contributed by atoms with Gasteiger partial charge >= 0.3 is 17.9 Å². The second-order valence-electron chi connectivity index (χ2n) is 8.71. The van der Waals surface area contributed by atoms with Crippen LogP contribution in [0.25, 0.3) is 0 Å². The van der Waals surface area contributed by atoms with Gasteiger partial charge in [0.15, 0.2) is 6.04 Å². The Kier molecular flexibility index (Phi) is 8.35. The van der Waals surface area contributed by atoms with Crippen molar-refractivity contribution in [3.05, 3.63) is 51.4 Å². The van der Waals surface area contributed by atoms with E-state index in [2.05, 4.69) is 15.6 Å². The number of carbonyl (C=O) groups excluding carboxylic acids is 4. The van der Waals surface area contributed by atoms with Crippen LogP contribution in [0.5, 0.6) is 0 Å². The molecule has 1 aromatic carbocycles. The molecule has 4 rings (SSSR count). The first kappa shape index (κ1) is 26.2. The molecule has 2 aromatic rings. The maximum atomic E-state index is 14.0. The molecule has 2 aliphatic heterocycles. The number of halogens is 1. The third-order valence-corrected chi connectivity index (χ3v) is 7.33. The Morgan fingerprint density at radius 2 is 2.03 bits per heavy atom. The van der Waals surface area contributed by atoms with Gasteiger partial charge in [-0.2, -0.15) is 4.48 Å². The van der Waals surface area contributed by atoms with Crippen LogP contribution in [0.3, 0.4) is 0 Å². The van der Waals surface area contributed by atoms with E-state index in [1.807, 2.05) is 0 Å². The summed E-state index contributed by atoms with van der Waals surface area (Å²) >= 11 is 7.57. The van der Waals surface area contributed by atoms with Gasteiger partial charge in [-0.05, 0) is 19.1 Å². The highest BCUT2D eigenvalue weighted by molar-refractivity contribution is 7.07. The summed E-state index contributed by atoms with van der Waals surface area (Å²) in [6.45, 7) is 2.65. The van der Waals surface area contributed by atoms with Gasteiger partial charge in [0, 0.05) is 31.2 Å². The summed E-state index contributed by atoms with van der Waals surface area (Å²) in [5.41, 5.74) is 2.49. The molecule has 0 unspecified atom stereocenters. The molecule has 1 aromatic heterocycles. The molecule has 4 amide bonds. The van der Waals surface area contributed by atoms with Crippen molar-refractivity contribution in [2.24, 2.45) is 0 Å². The minimum atomic E-state index is -1.03. The molecule has 2 N–H and O–H groups in total. The highest BCUT2D eigenvalue weighted by Gasteiger charge is 2.52.